The van der Waals surface area contributed by atoms with E-state index in [2.05, 4.69) is 15.9 Å². The molecule has 2 aromatic carbocycles. The second-order valence-corrected chi connectivity index (χ2v) is 7.52. The first-order chi connectivity index (χ1) is 13.5. The average Bonchev–Trinajstić information content (AvgIpc) is 3.29. The molecule has 1 aromatic heterocycles. The number of Topliss-reactive ketones (excluding diaryl/α,β-unsaturated/α-hetero) is 1. The van der Waals surface area contributed by atoms with Gasteiger partial charge in [-0.2, -0.15) is 0 Å². The highest BCUT2D eigenvalue weighted by atomic mass is 79.9. The molecule has 1 atom stereocenters. The predicted octanol–water partition coefficient (Wildman–Crippen LogP) is 5.32. The first-order valence-corrected chi connectivity index (χ1v) is 9.50. The van der Waals surface area contributed by atoms with Crippen LogP contribution in [-0.2, 0) is 9.59 Å². The molecule has 1 amide bonds. The molecule has 3 aromatic rings. The van der Waals surface area contributed by atoms with Crippen molar-refractivity contribution in [3.05, 3.63) is 93.3 Å². The fraction of sp³-hybridized carbons (Fsp3) is 0.0476. The monoisotopic (exact) mass is 457 g/mol. The molecule has 1 fully saturated rings. The van der Waals surface area contributed by atoms with E-state index in [-0.39, 0.29) is 11.3 Å². The number of nitrogens with zero attached hydrogens (tertiary/aromatic N) is 1. The van der Waals surface area contributed by atoms with Gasteiger partial charge in [-0.05, 0) is 42.5 Å². The fourth-order valence-electron chi connectivity index (χ4n) is 3.20. The Hall–Kier alpha value is -2.83. The number of carbonyl (C=O) groups is 2. The van der Waals surface area contributed by atoms with E-state index in [9.17, 15) is 14.7 Å². The molecule has 0 saturated carbocycles. The molecule has 0 spiro atoms. The van der Waals surface area contributed by atoms with Gasteiger partial charge in [-0.1, -0.05) is 45.7 Å². The average molecular weight is 459 g/mol. The predicted molar refractivity (Wildman–Crippen MR) is 109 cm³/mol. The summed E-state index contributed by atoms with van der Waals surface area (Å²) in [5, 5.41) is 11.3. The molecule has 140 valence electrons. The van der Waals surface area contributed by atoms with Crippen LogP contribution in [0, 0.1) is 0 Å². The Morgan fingerprint density at radius 1 is 1.07 bits per heavy atom. The van der Waals surface area contributed by atoms with Crippen molar-refractivity contribution in [3.63, 3.8) is 0 Å². The lowest BCUT2D eigenvalue weighted by molar-refractivity contribution is -0.132. The maximum atomic E-state index is 12.9. The maximum Gasteiger partial charge on any atom is 0.300 e. The summed E-state index contributed by atoms with van der Waals surface area (Å²) in [6.45, 7) is 0. The van der Waals surface area contributed by atoms with Gasteiger partial charge < -0.3 is 9.52 Å². The largest absolute Gasteiger partial charge is 0.507 e. The summed E-state index contributed by atoms with van der Waals surface area (Å²) < 4.78 is 6.32. The summed E-state index contributed by atoms with van der Waals surface area (Å²) in [6.07, 6.45) is 1.45. The van der Waals surface area contributed by atoms with Crippen molar-refractivity contribution in [3.8, 4) is 0 Å². The molecule has 1 unspecified atom stereocenters. The van der Waals surface area contributed by atoms with Crippen LogP contribution in [0.25, 0.3) is 5.76 Å². The van der Waals surface area contributed by atoms with Crippen LogP contribution >= 0.6 is 27.5 Å². The number of aliphatic hydroxyl groups excluding tert-OH is 1. The van der Waals surface area contributed by atoms with Gasteiger partial charge in [0, 0.05) is 20.7 Å². The summed E-state index contributed by atoms with van der Waals surface area (Å²) in [5.74, 6) is -1.46. The number of ketones is 1. The normalized spacial score (nSPS) is 18.6. The Morgan fingerprint density at radius 3 is 2.46 bits per heavy atom. The van der Waals surface area contributed by atoms with Crippen molar-refractivity contribution in [2.45, 2.75) is 6.04 Å². The molecule has 1 N–H and O–H groups in total. The van der Waals surface area contributed by atoms with E-state index in [1.807, 2.05) is 0 Å². The van der Waals surface area contributed by atoms with Crippen LogP contribution in [-0.4, -0.2) is 16.8 Å². The SMILES string of the molecule is O=C1C(=O)N(c2cccc(Cl)c2)C(c2ccco2)/C1=C(/O)c1ccc(Br)cc1. The minimum atomic E-state index is -0.905. The number of carbonyl (C=O) groups excluding carboxylic acids is 2. The zero-order valence-corrected chi connectivity index (χ0v) is 16.6. The maximum absolute atomic E-state index is 12.9. The third-order valence-corrected chi connectivity index (χ3v) is 5.22. The molecule has 0 bridgehead atoms. The number of halogens is 2. The van der Waals surface area contributed by atoms with Gasteiger partial charge >= 0.3 is 0 Å². The van der Waals surface area contributed by atoms with Crippen LogP contribution in [0.2, 0.25) is 5.02 Å². The molecule has 1 aliphatic heterocycles. The van der Waals surface area contributed by atoms with E-state index in [1.54, 1.807) is 60.7 Å². The van der Waals surface area contributed by atoms with Crippen molar-refractivity contribution < 1.29 is 19.1 Å². The third-order valence-electron chi connectivity index (χ3n) is 4.46. The van der Waals surface area contributed by atoms with Crippen LogP contribution < -0.4 is 4.90 Å². The summed E-state index contributed by atoms with van der Waals surface area (Å²) in [7, 11) is 0. The number of benzene rings is 2. The third kappa shape index (κ3) is 3.15. The Bertz CT molecular complexity index is 1090. The molecule has 2 heterocycles. The molecule has 1 aliphatic rings. The zero-order chi connectivity index (χ0) is 19.8. The number of rotatable bonds is 3. The highest BCUT2D eigenvalue weighted by Crippen LogP contribution is 2.42. The lowest BCUT2D eigenvalue weighted by Crippen LogP contribution is -2.29. The van der Waals surface area contributed by atoms with E-state index in [1.165, 1.54) is 11.2 Å². The molecule has 4 rings (SSSR count). The molecule has 7 heteroatoms. The van der Waals surface area contributed by atoms with Gasteiger partial charge in [0.15, 0.2) is 0 Å². The Balaban J connectivity index is 1.93. The summed E-state index contributed by atoms with van der Waals surface area (Å²) in [4.78, 5) is 27.0. The number of amides is 1. The van der Waals surface area contributed by atoms with E-state index < -0.39 is 17.7 Å². The fourth-order valence-corrected chi connectivity index (χ4v) is 3.65. The van der Waals surface area contributed by atoms with Crippen molar-refractivity contribution in [1.82, 2.24) is 0 Å². The van der Waals surface area contributed by atoms with Crippen LogP contribution in [0.4, 0.5) is 5.69 Å². The molecule has 1 saturated heterocycles. The number of aliphatic hydroxyl groups is 1. The molecular weight excluding hydrogens is 446 g/mol. The lowest BCUT2D eigenvalue weighted by Gasteiger charge is -2.23. The summed E-state index contributed by atoms with van der Waals surface area (Å²) in [5.41, 5.74) is 0.817. The smallest absolute Gasteiger partial charge is 0.300 e. The Labute approximate surface area is 174 Å². The zero-order valence-electron chi connectivity index (χ0n) is 14.3. The van der Waals surface area contributed by atoms with Gasteiger partial charge in [-0.15, -0.1) is 0 Å². The topological polar surface area (TPSA) is 70.8 Å². The Kier molecular flexibility index (Phi) is 4.83. The van der Waals surface area contributed by atoms with Crippen LogP contribution in [0.3, 0.4) is 0 Å². The number of hydrogen-bond donors (Lipinski definition) is 1. The molecule has 0 radical (unpaired) electrons. The van der Waals surface area contributed by atoms with Crippen molar-refractivity contribution in [1.29, 1.82) is 0 Å². The van der Waals surface area contributed by atoms with Gasteiger partial charge in [0.2, 0.25) is 0 Å². The van der Waals surface area contributed by atoms with Gasteiger partial charge in [0.05, 0.1) is 11.8 Å². The van der Waals surface area contributed by atoms with Gasteiger partial charge in [-0.25, -0.2) is 0 Å². The van der Waals surface area contributed by atoms with Crippen molar-refractivity contribution in [2.24, 2.45) is 0 Å². The minimum Gasteiger partial charge on any atom is -0.507 e. The van der Waals surface area contributed by atoms with Crippen LogP contribution in [0.5, 0.6) is 0 Å². The minimum absolute atomic E-state index is 0.0396. The van der Waals surface area contributed by atoms with Crippen LogP contribution in [0.15, 0.2) is 81.4 Å². The molecule has 0 aliphatic carbocycles. The molecular formula is C21H13BrClNO4. The van der Waals surface area contributed by atoms with E-state index in [0.29, 0.717) is 22.0 Å². The number of anilines is 1. The lowest BCUT2D eigenvalue weighted by atomic mass is 9.99. The standard InChI is InChI=1S/C21H13BrClNO4/c22-13-8-6-12(7-9-13)19(25)17-18(16-5-2-10-28-16)24(21(27)20(17)26)15-4-1-3-14(23)11-15/h1-11,18,25H/b19-17-. The van der Waals surface area contributed by atoms with E-state index in [0.717, 1.165) is 4.47 Å². The highest BCUT2D eigenvalue weighted by molar-refractivity contribution is 9.10. The molecule has 28 heavy (non-hydrogen) atoms. The second-order valence-electron chi connectivity index (χ2n) is 6.17. The Morgan fingerprint density at radius 2 is 1.82 bits per heavy atom. The van der Waals surface area contributed by atoms with Crippen molar-refractivity contribution in [2.75, 3.05) is 4.90 Å². The quantitative estimate of drug-likeness (QED) is 0.327. The molecule has 5 nitrogen and oxygen atoms in total. The first kappa shape index (κ1) is 18.5. The highest BCUT2D eigenvalue weighted by Gasteiger charge is 2.48. The van der Waals surface area contributed by atoms with E-state index in [4.69, 9.17) is 16.0 Å². The number of furan rings is 1. The van der Waals surface area contributed by atoms with Gasteiger partial charge in [0.25, 0.3) is 11.7 Å². The summed E-state index contributed by atoms with van der Waals surface area (Å²) in [6, 6.07) is 15.8. The van der Waals surface area contributed by atoms with Crippen LogP contribution in [0.1, 0.15) is 17.4 Å². The second kappa shape index (κ2) is 7.30. The van der Waals surface area contributed by atoms with Gasteiger partial charge in [-0.3, -0.25) is 14.5 Å². The number of hydrogen-bond acceptors (Lipinski definition) is 4. The van der Waals surface area contributed by atoms with E-state index >= 15 is 0 Å². The first-order valence-electron chi connectivity index (χ1n) is 8.33. The van der Waals surface area contributed by atoms with Crippen molar-refractivity contribution >= 4 is 50.7 Å². The summed E-state index contributed by atoms with van der Waals surface area (Å²) >= 11 is 9.41. The van der Waals surface area contributed by atoms with Gasteiger partial charge in [0.1, 0.15) is 17.6 Å².